The minimum atomic E-state index is -4.47. The average Bonchev–Trinajstić information content (AvgIpc) is 3.49. The van der Waals surface area contributed by atoms with Crippen LogP contribution < -0.4 is 16.9 Å². The van der Waals surface area contributed by atoms with Crippen molar-refractivity contribution in [3.63, 3.8) is 0 Å². The first-order valence-corrected chi connectivity index (χ1v) is 19.1. The van der Waals surface area contributed by atoms with Gasteiger partial charge in [-0.3, -0.25) is 32.8 Å². The van der Waals surface area contributed by atoms with Crippen LogP contribution in [0.15, 0.2) is 28.6 Å². The molecule has 0 amide bonds. The molecule has 20 nitrogen and oxygen atoms in total. The van der Waals surface area contributed by atoms with Gasteiger partial charge in [-0.25, -0.2) is 23.7 Å². The zero-order valence-corrected chi connectivity index (χ0v) is 27.2. The maximum atomic E-state index is 15.4. The maximum absolute atomic E-state index is 15.4. The summed E-state index contributed by atoms with van der Waals surface area (Å²) < 4.78 is 67.6. The van der Waals surface area contributed by atoms with Crippen molar-refractivity contribution < 1.29 is 51.2 Å². The van der Waals surface area contributed by atoms with Gasteiger partial charge in [-0.05, 0) is 23.6 Å². The van der Waals surface area contributed by atoms with E-state index in [-0.39, 0.29) is 28.3 Å². The van der Waals surface area contributed by atoms with Crippen LogP contribution in [0.5, 0.6) is 0 Å². The van der Waals surface area contributed by atoms with E-state index in [1.807, 2.05) is 0 Å². The number of alkyl halides is 2. The van der Waals surface area contributed by atoms with Crippen molar-refractivity contribution in [2.45, 2.75) is 55.3 Å². The SMILES string of the molecule is Nc1nc2c(ncn2[C@@H]2O[C@@H]3COP(O)(=S)O[C@H]4[C@H](n5cnc6c(=O)[nH]cnc65)O[C@H](COP(O)(=S)O[C@H]3[C@H]2O)[C@]42CC2(F)F)c(=O)[nH]1. The number of halogens is 2. The highest BCUT2D eigenvalue weighted by atomic mass is 32.5. The topological polar surface area (TPSA) is 269 Å². The number of ether oxygens (including phenoxy) is 2. The second-order valence-corrected chi connectivity index (χ2v) is 17.0. The highest BCUT2D eigenvalue weighted by Crippen LogP contribution is 2.73. The third kappa shape index (κ3) is 5.01. The zero-order valence-electron chi connectivity index (χ0n) is 23.7. The molecule has 1 aliphatic carbocycles. The minimum Gasteiger partial charge on any atom is -0.386 e. The Morgan fingerprint density at radius 2 is 1.60 bits per heavy atom. The van der Waals surface area contributed by atoms with E-state index in [0.29, 0.717) is 0 Å². The van der Waals surface area contributed by atoms with Gasteiger partial charge in [0.25, 0.3) is 17.0 Å². The molecule has 48 heavy (non-hydrogen) atoms. The van der Waals surface area contributed by atoms with Crippen LogP contribution in [-0.4, -0.2) is 104 Å². The molecule has 4 fully saturated rings. The number of imidazole rings is 2. The summed E-state index contributed by atoms with van der Waals surface area (Å²) in [7, 11) is 0. The fourth-order valence-electron chi connectivity index (χ4n) is 6.41. The second-order valence-electron chi connectivity index (χ2n) is 11.4. The van der Waals surface area contributed by atoms with Gasteiger partial charge in [0.2, 0.25) is 5.95 Å². The predicted octanol–water partition coefficient (Wildman–Crippen LogP) is -0.733. The Bertz CT molecular complexity index is 2190. The fraction of sp³-hybridized carbons (Fsp3) is 0.545. The van der Waals surface area contributed by atoms with E-state index in [9.17, 15) is 24.5 Å². The molecule has 1 saturated carbocycles. The third-order valence-corrected chi connectivity index (χ3v) is 11.8. The molecule has 2 bridgehead atoms. The number of H-pyrrole nitrogens is 2. The van der Waals surface area contributed by atoms with Crippen LogP contribution in [0, 0.1) is 5.41 Å². The number of aromatic nitrogens is 8. The van der Waals surface area contributed by atoms with Gasteiger partial charge in [-0.2, -0.15) is 4.98 Å². The summed E-state index contributed by atoms with van der Waals surface area (Å²) in [5, 5.41) is 11.3. The Morgan fingerprint density at radius 3 is 2.31 bits per heavy atom. The van der Waals surface area contributed by atoms with Crippen molar-refractivity contribution in [2.75, 3.05) is 18.9 Å². The predicted molar refractivity (Wildman–Crippen MR) is 161 cm³/mol. The van der Waals surface area contributed by atoms with Crippen molar-refractivity contribution in [3.8, 4) is 0 Å². The summed E-state index contributed by atoms with van der Waals surface area (Å²) in [6, 6.07) is 0. The normalized spacial score (nSPS) is 39.6. The minimum absolute atomic E-state index is 0.0468. The summed E-state index contributed by atoms with van der Waals surface area (Å²) in [5.41, 5.74) is 1.87. The van der Waals surface area contributed by atoms with E-state index in [1.165, 1.54) is 9.13 Å². The lowest BCUT2D eigenvalue weighted by Gasteiger charge is -2.29. The molecule has 4 aromatic heterocycles. The van der Waals surface area contributed by atoms with Crippen LogP contribution in [0.25, 0.3) is 22.3 Å². The van der Waals surface area contributed by atoms with E-state index in [0.717, 1.165) is 19.0 Å². The van der Waals surface area contributed by atoms with Crippen LogP contribution in [0.1, 0.15) is 18.9 Å². The quantitative estimate of drug-likeness (QED) is 0.138. The molecular weight excluding hydrogens is 730 g/mol. The lowest BCUT2D eigenvalue weighted by atomic mass is 9.94. The summed E-state index contributed by atoms with van der Waals surface area (Å²) in [6.07, 6.45) is -8.13. The fourth-order valence-corrected chi connectivity index (χ4v) is 9.28. The molecule has 2 unspecified atom stereocenters. The molecule has 3 saturated heterocycles. The Labute approximate surface area is 274 Å². The van der Waals surface area contributed by atoms with Crippen LogP contribution in [0.3, 0.4) is 0 Å². The molecule has 258 valence electrons. The Morgan fingerprint density at radius 1 is 0.958 bits per heavy atom. The summed E-state index contributed by atoms with van der Waals surface area (Å²) >= 11 is 10.5. The number of aliphatic hydroxyl groups excluding tert-OH is 1. The Hall–Kier alpha value is -2.70. The molecule has 4 aromatic rings. The van der Waals surface area contributed by atoms with Gasteiger partial charge in [0.15, 0.2) is 34.8 Å². The number of anilines is 1. The average molecular weight is 754 g/mol. The number of fused-ring (bicyclic) bond motifs is 3. The van der Waals surface area contributed by atoms with Gasteiger partial charge >= 0.3 is 13.4 Å². The molecule has 10 atom stereocenters. The van der Waals surface area contributed by atoms with E-state index in [2.05, 4.69) is 29.9 Å². The standard InChI is InChI=1S/C22H23F2N9O11P2S2/c23-22(24)3-21(22)8-2-40-45(37,47)43-12-7(41-18(11(12)34)33-6-29-10-15(33)30-20(25)31-17(10)36)1-39-46(38,48)44-13(21)19(42-8)32-5-28-9-14(32)26-4-27-16(9)35/h4-8,11-13,18-19,34H,1-3H2,(H,37,47)(H,38,48)(H,26,27,35)(H3,25,30,31,36)/t7-,8-,11-,12-,13+,18-,19-,21-,45?,46?/m1/s1. The summed E-state index contributed by atoms with van der Waals surface area (Å²) in [5.74, 6) is -3.69. The van der Waals surface area contributed by atoms with Crippen LogP contribution in [0.4, 0.5) is 14.7 Å². The van der Waals surface area contributed by atoms with Crippen molar-refractivity contribution in [3.05, 3.63) is 39.7 Å². The van der Waals surface area contributed by atoms with E-state index in [4.69, 9.17) is 56.9 Å². The number of nitrogen functional groups attached to an aromatic ring is 1. The second kappa shape index (κ2) is 10.9. The van der Waals surface area contributed by atoms with Gasteiger partial charge in [0, 0.05) is 6.42 Å². The number of nitrogens with zero attached hydrogens (tertiary/aromatic N) is 6. The number of aliphatic hydroxyl groups is 1. The Balaban J connectivity index is 1.16. The molecule has 1 spiro atoms. The van der Waals surface area contributed by atoms with Gasteiger partial charge < -0.3 is 44.1 Å². The number of aromatic amines is 2. The first kappa shape index (κ1) is 32.5. The van der Waals surface area contributed by atoms with Crippen LogP contribution in [0.2, 0.25) is 0 Å². The number of nitrogens with one attached hydrogen (secondary N) is 2. The first-order chi connectivity index (χ1) is 22.6. The molecular formula is C22H23F2N9O11P2S2. The molecule has 0 aromatic carbocycles. The lowest BCUT2D eigenvalue weighted by molar-refractivity contribution is -0.0609. The molecule has 26 heteroatoms. The van der Waals surface area contributed by atoms with Crippen molar-refractivity contribution in [2.24, 2.45) is 5.41 Å². The largest absolute Gasteiger partial charge is 0.386 e. The van der Waals surface area contributed by atoms with Gasteiger partial charge in [-0.15, -0.1) is 0 Å². The molecule has 7 N–H and O–H groups in total. The number of nitrogens with two attached hydrogens (primary N) is 1. The van der Waals surface area contributed by atoms with E-state index >= 15 is 8.78 Å². The maximum Gasteiger partial charge on any atom is 0.325 e. The lowest BCUT2D eigenvalue weighted by Crippen LogP contribution is -2.37. The van der Waals surface area contributed by atoms with E-state index in [1.54, 1.807) is 0 Å². The first-order valence-electron chi connectivity index (χ1n) is 13.9. The van der Waals surface area contributed by atoms with Crippen molar-refractivity contribution in [1.29, 1.82) is 0 Å². The highest BCUT2D eigenvalue weighted by Gasteiger charge is 2.83. The molecule has 0 radical (unpaired) electrons. The van der Waals surface area contributed by atoms with Crippen LogP contribution in [-0.2, 0) is 51.2 Å². The monoisotopic (exact) mass is 753 g/mol. The molecule has 7 heterocycles. The van der Waals surface area contributed by atoms with Gasteiger partial charge in [0.1, 0.15) is 24.4 Å². The van der Waals surface area contributed by atoms with E-state index < -0.39 is 98.5 Å². The van der Waals surface area contributed by atoms with Gasteiger partial charge in [0.05, 0.1) is 43.7 Å². The highest BCUT2D eigenvalue weighted by molar-refractivity contribution is 8.07. The number of hydrogen-bond acceptors (Lipinski definition) is 16. The van der Waals surface area contributed by atoms with Crippen molar-refractivity contribution in [1.82, 2.24) is 39.0 Å². The smallest absolute Gasteiger partial charge is 0.325 e. The molecule has 3 aliphatic heterocycles. The molecule has 8 rings (SSSR count). The molecule has 4 aliphatic rings. The van der Waals surface area contributed by atoms with Gasteiger partial charge in [-0.1, -0.05) is 0 Å². The number of rotatable bonds is 2. The number of hydrogen-bond donors (Lipinski definition) is 6. The Kier molecular flexibility index (Phi) is 7.38. The van der Waals surface area contributed by atoms with Crippen molar-refractivity contribution >= 4 is 65.3 Å². The summed E-state index contributed by atoms with van der Waals surface area (Å²) in [4.78, 5) is 67.8. The summed E-state index contributed by atoms with van der Waals surface area (Å²) in [6.45, 7) is -10.3. The zero-order chi connectivity index (χ0) is 34.0. The van der Waals surface area contributed by atoms with Crippen LogP contribution >= 0.6 is 13.4 Å². The third-order valence-electron chi connectivity index (χ3n) is 8.68.